The predicted octanol–water partition coefficient (Wildman–Crippen LogP) is 3.09. The summed E-state index contributed by atoms with van der Waals surface area (Å²) < 4.78 is 0. The Morgan fingerprint density at radius 2 is 1.83 bits per heavy atom. The molecule has 0 aliphatic carbocycles. The van der Waals surface area contributed by atoms with Gasteiger partial charge in [-0.2, -0.15) is 0 Å². The number of hydrogen-bond donors (Lipinski definition) is 3. The van der Waals surface area contributed by atoms with E-state index in [4.69, 9.17) is 0 Å². The lowest BCUT2D eigenvalue weighted by Crippen LogP contribution is -2.07. The van der Waals surface area contributed by atoms with Gasteiger partial charge in [0.15, 0.2) is 11.5 Å². The summed E-state index contributed by atoms with van der Waals surface area (Å²) in [4.78, 5) is 11.2. The molecule has 0 bridgehead atoms. The van der Waals surface area contributed by atoms with Crippen molar-refractivity contribution >= 4 is 5.97 Å². The van der Waals surface area contributed by atoms with E-state index in [2.05, 4.69) is 6.92 Å². The van der Waals surface area contributed by atoms with Crippen molar-refractivity contribution in [3.63, 3.8) is 0 Å². The Bertz CT molecular complexity index is 438. The second kappa shape index (κ2) is 6.28. The number of aromatic carboxylic acids is 1. The van der Waals surface area contributed by atoms with Gasteiger partial charge in [-0.1, -0.05) is 26.7 Å². The number of carboxylic acids is 1. The van der Waals surface area contributed by atoms with Crippen molar-refractivity contribution in [3.05, 3.63) is 22.8 Å². The smallest absolute Gasteiger partial charge is 0.339 e. The van der Waals surface area contributed by atoms with Crippen LogP contribution in [0.2, 0.25) is 0 Å². The SMILES string of the molecule is CCCCc1cc(O)c(O)c(C(=O)O)c1CCC. The number of carboxylic acid groups (broad SMARTS) is 1. The fourth-order valence-corrected chi connectivity index (χ4v) is 2.11. The van der Waals surface area contributed by atoms with Gasteiger partial charge in [0.2, 0.25) is 0 Å². The number of phenolic OH excluding ortho intramolecular Hbond substituents is 1. The van der Waals surface area contributed by atoms with Gasteiger partial charge >= 0.3 is 5.97 Å². The molecule has 4 nitrogen and oxygen atoms in total. The summed E-state index contributed by atoms with van der Waals surface area (Å²) >= 11 is 0. The highest BCUT2D eigenvalue weighted by molar-refractivity contribution is 5.94. The molecule has 1 rings (SSSR count). The molecular formula is C14H20O4. The van der Waals surface area contributed by atoms with Crippen molar-refractivity contribution in [2.24, 2.45) is 0 Å². The van der Waals surface area contributed by atoms with Crippen LogP contribution in [0.15, 0.2) is 6.07 Å². The van der Waals surface area contributed by atoms with E-state index >= 15 is 0 Å². The van der Waals surface area contributed by atoms with Crippen LogP contribution >= 0.6 is 0 Å². The average Bonchev–Trinajstić information content (AvgIpc) is 2.31. The minimum Gasteiger partial charge on any atom is -0.504 e. The minimum atomic E-state index is -1.19. The van der Waals surface area contributed by atoms with Crippen LogP contribution < -0.4 is 0 Å². The number of phenols is 2. The third-order valence-electron chi connectivity index (χ3n) is 2.99. The van der Waals surface area contributed by atoms with Gasteiger partial charge in [0.25, 0.3) is 0 Å². The monoisotopic (exact) mass is 252 g/mol. The predicted molar refractivity (Wildman–Crippen MR) is 69.3 cm³/mol. The highest BCUT2D eigenvalue weighted by Crippen LogP contribution is 2.35. The Kier molecular flexibility index (Phi) is 5.01. The molecule has 1 aromatic carbocycles. The molecule has 1 aromatic rings. The average molecular weight is 252 g/mol. The lowest BCUT2D eigenvalue weighted by molar-refractivity contribution is 0.0691. The molecule has 0 saturated carbocycles. The van der Waals surface area contributed by atoms with Crippen molar-refractivity contribution in [3.8, 4) is 11.5 Å². The zero-order chi connectivity index (χ0) is 13.7. The van der Waals surface area contributed by atoms with Gasteiger partial charge in [-0.3, -0.25) is 0 Å². The number of rotatable bonds is 6. The first-order valence-corrected chi connectivity index (χ1v) is 6.32. The van der Waals surface area contributed by atoms with Gasteiger partial charge in [0.1, 0.15) is 5.56 Å². The van der Waals surface area contributed by atoms with Gasteiger partial charge in [0, 0.05) is 0 Å². The zero-order valence-corrected chi connectivity index (χ0v) is 10.9. The summed E-state index contributed by atoms with van der Waals surface area (Å²) in [5.41, 5.74) is 1.32. The molecule has 0 spiro atoms. The van der Waals surface area contributed by atoms with Gasteiger partial charge in [-0.25, -0.2) is 4.79 Å². The minimum absolute atomic E-state index is 0.150. The summed E-state index contributed by atoms with van der Waals surface area (Å²) in [6.45, 7) is 4.01. The molecule has 0 radical (unpaired) electrons. The van der Waals surface area contributed by atoms with Gasteiger partial charge in [0.05, 0.1) is 0 Å². The fraction of sp³-hybridized carbons (Fsp3) is 0.500. The molecule has 0 aliphatic heterocycles. The van der Waals surface area contributed by atoms with Crippen molar-refractivity contribution in [1.29, 1.82) is 0 Å². The Morgan fingerprint density at radius 1 is 1.17 bits per heavy atom. The maximum absolute atomic E-state index is 11.2. The topological polar surface area (TPSA) is 77.8 Å². The maximum Gasteiger partial charge on any atom is 0.339 e. The van der Waals surface area contributed by atoms with E-state index in [-0.39, 0.29) is 11.3 Å². The summed E-state index contributed by atoms with van der Waals surface area (Å²) in [6.07, 6.45) is 4.04. The molecule has 100 valence electrons. The molecule has 0 aliphatic rings. The van der Waals surface area contributed by atoms with Crippen molar-refractivity contribution in [2.75, 3.05) is 0 Å². The molecule has 18 heavy (non-hydrogen) atoms. The van der Waals surface area contributed by atoms with Gasteiger partial charge in [-0.05, 0) is 36.5 Å². The molecule has 0 heterocycles. The number of unbranched alkanes of at least 4 members (excludes halogenated alkanes) is 1. The van der Waals surface area contributed by atoms with E-state index in [0.29, 0.717) is 12.0 Å². The zero-order valence-electron chi connectivity index (χ0n) is 10.9. The molecular weight excluding hydrogens is 232 g/mol. The summed E-state index contributed by atoms with van der Waals surface area (Å²) in [6, 6.07) is 1.49. The largest absolute Gasteiger partial charge is 0.504 e. The van der Waals surface area contributed by atoms with E-state index in [1.165, 1.54) is 6.07 Å². The number of hydrogen-bond acceptors (Lipinski definition) is 3. The Balaban J connectivity index is 3.36. The number of aryl methyl sites for hydroxylation is 1. The van der Waals surface area contributed by atoms with Crippen LogP contribution in [0.4, 0.5) is 0 Å². The van der Waals surface area contributed by atoms with Crippen molar-refractivity contribution in [1.82, 2.24) is 0 Å². The highest BCUT2D eigenvalue weighted by Gasteiger charge is 2.21. The van der Waals surface area contributed by atoms with E-state index in [1.54, 1.807) is 0 Å². The highest BCUT2D eigenvalue weighted by atomic mass is 16.4. The first-order chi connectivity index (χ1) is 8.52. The second-order valence-electron chi connectivity index (χ2n) is 4.42. The summed E-state index contributed by atoms with van der Waals surface area (Å²) in [7, 11) is 0. The van der Waals surface area contributed by atoms with E-state index in [1.807, 2.05) is 6.92 Å². The number of benzene rings is 1. The molecule has 0 saturated heterocycles. The molecule has 4 heteroatoms. The van der Waals surface area contributed by atoms with E-state index < -0.39 is 11.7 Å². The van der Waals surface area contributed by atoms with Crippen molar-refractivity contribution in [2.45, 2.75) is 46.0 Å². The fourth-order valence-electron chi connectivity index (χ4n) is 2.11. The van der Waals surface area contributed by atoms with Crippen LogP contribution in [0.1, 0.15) is 54.6 Å². The van der Waals surface area contributed by atoms with Crippen molar-refractivity contribution < 1.29 is 20.1 Å². The summed E-state index contributed by atoms with van der Waals surface area (Å²) in [5, 5.41) is 28.5. The normalized spacial score (nSPS) is 10.6. The van der Waals surface area contributed by atoms with E-state index in [0.717, 1.165) is 31.2 Å². The first kappa shape index (κ1) is 14.4. The Labute approximate surface area is 107 Å². The third-order valence-corrected chi connectivity index (χ3v) is 2.99. The molecule has 0 unspecified atom stereocenters. The Hall–Kier alpha value is -1.71. The lowest BCUT2D eigenvalue weighted by Gasteiger charge is -2.14. The van der Waals surface area contributed by atoms with Gasteiger partial charge < -0.3 is 15.3 Å². The van der Waals surface area contributed by atoms with E-state index in [9.17, 15) is 20.1 Å². The van der Waals surface area contributed by atoms with Gasteiger partial charge in [-0.15, -0.1) is 0 Å². The number of aromatic hydroxyl groups is 2. The van der Waals surface area contributed by atoms with Crippen LogP contribution in [0.5, 0.6) is 11.5 Å². The Morgan fingerprint density at radius 3 is 2.33 bits per heavy atom. The maximum atomic E-state index is 11.2. The summed E-state index contributed by atoms with van der Waals surface area (Å²) in [5.74, 6) is -2.06. The quantitative estimate of drug-likeness (QED) is 0.680. The van der Waals surface area contributed by atoms with Crippen LogP contribution in [0, 0.1) is 0 Å². The van der Waals surface area contributed by atoms with Crippen LogP contribution in [-0.4, -0.2) is 21.3 Å². The molecule has 0 aromatic heterocycles. The van der Waals surface area contributed by atoms with Crippen LogP contribution in [0.3, 0.4) is 0 Å². The third kappa shape index (κ3) is 2.94. The second-order valence-corrected chi connectivity index (χ2v) is 4.42. The first-order valence-electron chi connectivity index (χ1n) is 6.32. The van der Waals surface area contributed by atoms with Crippen LogP contribution in [0.25, 0.3) is 0 Å². The van der Waals surface area contributed by atoms with Crippen LogP contribution in [-0.2, 0) is 12.8 Å². The lowest BCUT2D eigenvalue weighted by atomic mass is 9.92. The molecule has 3 N–H and O–H groups in total. The molecule has 0 amide bonds. The molecule has 0 atom stereocenters. The standard InChI is InChI=1S/C14H20O4/c1-3-5-7-9-8-11(15)13(16)12(14(17)18)10(9)6-4-2/h8,15-16H,3-7H2,1-2H3,(H,17,18). The number of carbonyl (C=O) groups is 1. The molecule has 0 fully saturated rings.